The molecule has 4 nitrogen and oxygen atoms in total. The van der Waals surface area contributed by atoms with Crippen LogP contribution in [0.15, 0.2) is 77.8 Å². The van der Waals surface area contributed by atoms with Crippen molar-refractivity contribution < 1.29 is 9.59 Å². The van der Waals surface area contributed by atoms with E-state index in [9.17, 15) is 9.59 Å². The van der Waals surface area contributed by atoms with E-state index in [0.717, 1.165) is 51.1 Å². The Bertz CT molecular complexity index is 1330. The highest BCUT2D eigenvalue weighted by atomic mass is 32.2. The second-order valence-corrected chi connectivity index (χ2v) is 8.29. The molecule has 3 aromatic carbocycles. The smallest absolute Gasteiger partial charge is 0.293 e. The molecule has 0 saturated carbocycles. The lowest BCUT2D eigenvalue weighted by Gasteiger charge is -2.14. The van der Waals surface area contributed by atoms with E-state index in [1.165, 1.54) is 4.90 Å². The molecule has 0 spiro atoms. The molecule has 4 aromatic rings. The van der Waals surface area contributed by atoms with Crippen LogP contribution in [0.5, 0.6) is 0 Å². The van der Waals surface area contributed by atoms with E-state index in [4.69, 9.17) is 0 Å². The average Bonchev–Trinajstić information content (AvgIpc) is 3.26. The summed E-state index contributed by atoms with van der Waals surface area (Å²) in [6.45, 7) is 3.21. The van der Waals surface area contributed by atoms with Crippen molar-refractivity contribution in [1.29, 1.82) is 0 Å². The monoisotopic (exact) mass is 412 g/mol. The number of rotatable bonds is 4. The number of carbonyl (C=O) groups excluding carboxylic acids is 2. The maximum atomic E-state index is 13.1. The van der Waals surface area contributed by atoms with E-state index in [2.05, 4.69) is 17.6 Å². The first kappa shape index (κ1) is 18.7. The third kappa shape index (κ3) is 3.12. The Labute approximate surface area is 178 Å². The van der Waals surface area contributed by atoms with Gasteiger partial charge in [0.2, 0.25) is 0 Å². The summed E-state index contributed by atoms with van der Waals surface area (Å²) in [5.41, 5.74) is 3.06. The Balaban J connectivity index is 1.49. The molecular weight excluding hydrogens is 392 g/mol. The number of imide groups is 1. The van der Waals surface area contributed by atoms with Crippen molar-refractivity contribution in [3.05, 3.63) is 89.0 Å². The van der Waals surface area contributed by atoms with Crippen molar-refractivity contribution in [2.45, 2.75) is 20.0 Å². The maximum Gasteiger partial charge on any atom is 0.293 e. The first-order chi connectivity index (χ1) is 14.7. The van der Waals surface area contributed by atoms with Gasteiger partial charge in [-0.3, -0.25) is 14.5 Å². The van der Waals surface area contributed by atoms with Gasteiger partial charge in [0.1, 0.15) is 0 Å². The summed E-state index contributed by atoms with van der Waals surface area (Å²) in [6, 6.07) is 22.1. The Hall–Kier alpha value is -3.31. The number of aromatic nitrogens is 1. The van der Waals surface area contributed by atoms with E-state index in [0.29, 0.717) is 4.91 Å². The number of benzene rings is 3. The Morgan fingerprint density at radius 1 is 0.900 bits per heavy atom. The summed E-state index contributed by atoms with van der Waals surface area (Å²) in [4.78, 5) is 27.6. The summed E-state index contributed by atoms with van der Waals surface area (Å²) in [6.07, 6.45) is 3.89. The van der Waals surface area contributed by atoms with Crippen LogP contribution in [0.25, 0.3) is 27.8 Å². The molecule has 2 heterocycles. The zero-order chi connectivity index (χ0) is 20.7. The number of amides is 2. The van der Waals surface area contributed by atoms with Crippen molar-refractivity contribution in [2.24, 2.45) is 0 Å². The predicted molar refractivity (Wildman–Crippen MR) is 123 cm³/mol. The highest BCUT2D eigenvalue weighted by Gasteiger charge is 2.35. The van der Waals surface area contributed by atoms with Gasteiger partial charge in [0.05, 0.1) is 11.4 Å². The van der Waals surface area contributed by atoms with E-state index in [1.54, 1.807) is 0 Å². The largest absolute Gasteiger partial charge is 0.347 e. The topological polar surface area (TPSA) is 42.3 Å². The van der Waals surface area contributed by atoms with Crippen LogP contribution in [0.2, 0.25) is 0 Å². The Kier molecular flexibility index (Phi) is 4.68. The molecule has 0 unspecified atom stereocenters. The average molecular weight is 413 g/mol. The molecule has 5 rings (SSSR count). The summed E-state index contributed by atoms with van der Waals surface area (Å²) >= 11 is 1.02. The molecule has 1 fully saturated rings. The maximum absolute atomic E-state index is 13.1. The van der Waals surface area contributed by atoms with Gasteiger partial charge in [-0.05, 0) is 47.2 Å². The van der Waals surface area contributed by atoms with Crippen LogP contribution in [0.3, 0.4) is 0 Å². The molecule has 1 aromatic heterocycles. The lowest BCUT2D eigenvalue weighted by atomic mass is 10.0. The number of thioether (sulfide) groups is 1. The van der Waals surface area contributed by atoms with Gasteiger partial charge in [0.15, 0.2) is 0 Å². The molecule has 0 bridgehead atoms. The molecule has 1 aliphatic heterocycles. The molecule has 1 aliphatic rings. The van der Waals surface area contributed by atoms with Gasteiger partial charge in [-0.25, -0.2) is 0 Å². The standard InChI is InChI=1S/C25H20N2O2S/c1-2-26-15-19(21-12-5-6-13-22(21)26)14-23-24(28)27(25(29)30-23)16-18-10-7-9-17-8-3-4-11-20(17)18/h3-15H,2,16H2,1H3/b23-14+. The second kappa shape index (κ2) is 7.50. The lowest BCUT2D eigenvalue weighted by Crippen LogP contribution is -2.27. The molecular formula is C25H20N2O2S. The van der Waals surface area contributed by atoms with Gasteiger partial charge in [-0.15, -0.1) is 0 Å². The number of fused-ring (bicyclic) bond motifs is 2. The first-order valence-corrected chi connectivity index (χ1v) is 10.8. The van der Waals surface area contributed by atoms with Gasteiger partial charge in [0, 0.05) is 29.2 Å². The molecule has 1 saturated heterocycles. The third-order valence-electron chi connectivity index (χ3n) is 5.53. The Morgan fingerprint density at radius 2 is 1.63 bits per heavy atom. The summed E-state index contributed by atoms with van der Waals surface area (Å²) in [5.74, 6) is -0.230. The molecule has 5 heteroatoms. The van der Waals surface area contributed by atoms with Crippen molar-refractivity contribution in [3.63, 3.8) is 0 Å². The van der Waals surface area contributed by atoms with Crippen LogP contribution in [0, 0.1) is 0 Å². The minimum atomic E-state index is -0.230. The SMILES string of the molecule is CCn1cc(/C=C2/SC(=O)N(Cc3cccc4ccccc34)C2=O)c2ccccc21. The van der Waals surface area contributed by atoms with Gasteiger partial charge < -0.3 is 4.57 Å². The molecule has 0 atom stereocenters. The fraction of sp³-hybridized carbons (Fsp3) is 0.120. The van der Waals surface area contributed by atoms with Gasteiger partial charge in [0.25, 0.3) is 11.1 Å². The zero-order valence-electron chi connectivity index (χ0n) is 16.5. The number of para-hydroxylation sites is 1. The normalized spacial score (nSPS) is 15.8. The number of hydrogen-bond acceptors (Lipinski definition) is 3. The number of nitrogens with zero attached hydrogens (tertiary/aromatic N) is 2. The van der Waals surface area contributed by atoms with Crippen molar-refractivity contribution in [1.82, 2.24) is 9.47 Å². The van der Waals surface area contributed by atoms with Crippen molar-refractivity contribution >= 4 is 50.7 Å². The molecule has 30 heavy (non-hydrogen) atoms. The van der Waals surface area contributed by atoms with E-state index in [-0.39, 0.29) is 17.7 Å². The summed E-state index contributed by atoms with van der Waals surface area (Å²) in [5, 5.41) is 3.03. The molecule has 0 radical (unpaired) electrons. The Morgan fingerprint density at radius 3 is 2.47 bits per heavy atom. The minimum Gasteiger partial charge on any atom is -0.347 e. The highest BCUT2D eigenvalue weighted by molar-refractivity contribution is 8.18. The summed E-state index contributed by atoms with van der Waals surface area (Å²) in [7, 11) is 0. The number of aryl methyl sites for hydroxylation is 1. The third-order valence-corrected chi connectivity index (χ3v) is 6.44. The zero-order valence-corrected chi connectivity index (χ0v) is 17.4. The predicted octanol–water partition coefficient (Wildman–Crippen LogP) is 6.05. The highest BCUT2D eigenvalue weighted by Crippen LogP contribution is 2.35. The van der Waals surface area contributed by atoms with Gasteiger partial charge >= 0.3 is 0 Å². The van der Waals surface area contributed by atoms with Crippen LogP contribution in [-0.2, 0) is 17.9 Å². The van der Waals surface area contributed by atoms with Crippen LogP contribution < -0.4 is 0 Å². The molecule has 2 amide bonds. The fourth-order valence-electron chi connectivity index (χ4n) is 4.03. The minimum absolute atomic E-state index is 0.224. The van der Waals surface area contributed by atoms with Crippen LogP contribution in [-0.4, -0.2) is 20.6 Å². The molecule has 0 N–H and O–H groups in total. The van der Waals surface area contributed by atoms with Crippen LogP contribution >= 0.6 is 11.8 Å². The van der Waals surface area contributed by atoms with Crippen molar-refractivity contribution in [2.75, 3.05) is 0 Å². The van der Waals surface area contributed by atoms with Crippen LogP contribution in [0.4, 0.5) is 4.79 Å². The summed E-state index contributed by atoms with van der Waals surface area (Å²) < 4.78 is 2.15. The van der Waals surface area contributed by atoms with E-state index in [1.807, 2.05) is 72.9 Å². The second-order valence-electron chi connectivity index (χ2n) is 7.29. The van der Waals surface area contributed by atoms with Gasteiger partial charge in [-0.2, -0.15) is 0 Å². The van der Waals surface area contributed by atoms with Crippen LogP contribution in [0.1, 0.15) is 18.1 Å². The van der Waals surface area contributed by atoms with Gasteiger partial charge in [-0.1, -0.05) is 60.7 Å². The quantitative estimate of drug-likeness (QED) is 0.383. The number of carbonyl (C=O) groups is 2. The number of hydrogen-bond donors (Lipinski definition) is 0. The first-order valence-electron chi connectivity index (χ1n) is 9.95. The van der Waals surface area contributed by atoms with E-state index >= 15 is 0 Å². The van der Waals surface area contributed by atoms with E-state index < -0.39 is 0 Å². The molecule has 0 aliphatic carbocycles. The fourth-order valence-corrected chi connectivity index (χ4v) is 4.86. The lowest BCUT2D eigenvalue weighted by molar-refractivity contribution is -0.123. The molecule has 148 valence electrons. The van der Waals surface area contributed by atoms with Crippen molar-refractivity contribution in [3.8, 4) is 0 Å².